The van der Waals surface area contributed by atoms with E-state index in [9.17, 15) is 13.5 Å². The number of halogens is 3. The maximum Gasteiger partial charge on any atom is 0.243 e. The van der Waals surface area contributed by atoms with Crippen LogP contribution in [-0.4, -0.2) is 26.2 Å². The molecular formula is C13H16Cl3NO3S. The van der Waals surface area contributed by atoms with Gasteiger partial charge in [0.05, 0.1) is 16.1 Å². The summed E-state index contributed by atoms with van der Waals surface area (Å²) in [4.78, 5) is -0.161. The smallest absolute Gasteiger partial charge is 0.243 e. The Balaban J connectivity index is 2.12. The van der Waals surface area contributed by atoms with Crippen LogP contribution in [0.25, 0.3) is 0 Å². The number of benzene rings is 1. The second-order valence-corrected chi connectivity index (χ2v) is 8.19. The van der Waals surface area contributed by atoms with Crippen LogP contribution in [-0.2, 0) is 10.0 Å². The molecule has 0 saturated heterocycles. The minimum atomic E-state index is -3.81. The zero-order valence-corrected chi connectivity index (χ0v) is 14.2. The van der Waals surface area contributed by atoms with Gasteiger partial charge in [0.1, 0.15) is 4.90 Å². The zero-order valence-electron chi connectivity index (χ0n) is 11.2. The Labute approximate surface area is 139 Å². The number of aliphatic hydroxyl groups excluding tert-OH is 1. The van der Waals surface area contributed by atoms with Crippen molar-refractivity contribution < 1.29 is 13.5 Å². The quantitative estimate of drug-likeness (QED) is 0.850. The lowest BCUT2D eigenvalue weighted by Gasteiger charge is -2.26. The topological polar surface area (TPSA) is 66.4 Å². The van der Waals surface area contributed by atoms with Gasteiger partial charge in [0.2, 0.25) is 10.0 Å². The van der Waals surface area contributed by atoms with Gasteiger partial charge in [0, 0.05) is 11.6 Å². The van der Waals surface area contributed by atoms with Crippen molar-refractivity contribution in [1.82, 2.24) is 4.72 Å². The predicted molar refractivity (Wildman–Crippen MR) is 84.6 cm³/mol. The van der Waals surface area contributed by atoms with Gasteiger partial charge in [-0.1, -0.05) is 41.2 Å². The summed E-state index contributed by atoms with van der Waals surface area (Å²) in [7, 11) is -3.81. The Bertz CT molecular complexity index is 598. The van der Waals surface area contributed by atoms with E-state index < -0.39 is 10.0 Å². The second kappa shape index (κ2) is 7.02. The van der Waals surface area contributed by atoms with Crippen LogP contribution in [0.1, 0.15) is 25.7 Å². The molecule has 8 heteroatoms. The number of aliphatic hydroxyl groups is 1. The molecule has 2 rings (SSSR count). The molecule has 0 spiro atoms. The van der Waals surface area contributed by atoms with E-state index in [1.54, 1.807) is 0 Å². The normalized spacial score (nSPS) is 23.2. The summed E-state index contributed by atoms with van der Waals surface area (Å²) in [5.74, 6) is 0.119. The van der Waals surface area contributed by atoms with Crippen LogP contribution in [0.3, 0.4) is 0 Å². The molecule has 2 atom stereocenters. The number of sulfonamides is 1. The first kappa shape index (κ1) is 17.3. The average molecular weight is 373 g/mol. The molecule has 2 unspecified atom stereocenters. The van der Waals surface area contributed by atoms with Crippen molar-refractivity contribution in [2.75, 3.05) is 6.54 Å². The van der Waals surface area contributed by atoms with Crippen LogP contribution in [0, 0.1) is 5.92 Å². The van der Waals surface area contributed by atoms with Gasteiger partial charge >= 0.3 is 0 Å². The first-order chi connectivity index (χ1) is 9.79. The van der Waals surface area contributed by atoms with Crippen LogP contribution >= 0.6 is 34.8 Å². The van der Waals surface area contributed by atoms with E-state index in [1.165, 1.54) is 12.1 Å². The summed E-state index contributed by atoms with van der Waals surface area (Å²) in [5, 5.41) is 9.87. The third-order valence-corrected chi connectivity index (χ3v) is 6.11. The Morgan fingerprint density at radius 2 is 1.81 bits per heavy atom. The van der Waals surface area contributed by atoms with Gasteiger partial charge in [-0.3, -0.25) is 0 Å². The minimum absolute atomic E-state index is 0.0105. The van der Waals surface area contributed by atoms with E-state index in [-0.39, 0.29) is 38.5 Å². The zero-order chi connectivity index (χ0) is 15.6. The van der Waals surface area contributed by atoms with Crippen molar-refractivity contribution in [3.63, 3.8) is 0 Å². The first-order valence-corrected chi connectivity index (χ1v) is 9.23. The monoisotopic (exact) mass is 371 g/mol. The van der Waals surface area contributed by atoms with Crippen LogP contribution in [0.2, 0.25) is 15.1 Å². The highest BCUT2D eigenvalue weighted by Crippen LogP contribution is 2.33. The highest BCUT2D eigenvalue weighted by Gasteiger charge is 2.25. The van der Waals surface area contributed by atoms with Crippen LogP contribution < -0.4 is 4.72 Å². The molecule has 0 aliphatic heterocycles. The van der Waals surface area contributed by atoms with Crippen molar-refractivity contribution in [2.24, 2.45) is 5.92 Å². The highest BCUT2D eigenvalue weighted by molar-refractivity contribution is 7.89. The minimum Gasteiger partial charge on any atom is -0.393 e. The number of hydrogen-bond donors (Lipinski definition) is 2. The van der Waals surface area contributed by atoms with Gasteiger partial charge in [-0.15, -0.1) is 0 Å². The van der Waals surface area contributed by atoms with Crippen LogP contribution in [0.15, 0.2) is 17.0 Å². The molecule has 1 aliphatic rings. The lowest BCUT2D eigenvalue weighted by atomic mass is 9.87. The number of rotatable bonds is 4. The number of hydrogen-bond acceptors (Lipinski definition) is 3. The molecule has 21 heavy (non-hydrogen) atoms. The molecule has 2 N–H and O–H groups in total. The fraction of sp³-hybridized carbons (Fsp3) is 0.538. The summed E-state index contributed by atoms with van der Waals surface area (Å²) in [5.41, 5.74) is 0. The molecule has 0 bridgehead atoms. The van der Waals surface area contributed by atoms with Crippen molar-refractivity contribution in [2.45, 2.75) is 36.7 Å². The Morgan fingerprint density at radius 3 is 2.38 bits per heavy atom. The third kappa shape index (κ3) is 4.47. The van der Waals surface area contributed by atoms with Crippen molar-refractivity contribution in [3.8, 4) is 0 Å². The standard InChI is InChI=1S/C13H16Cl3NO3S/c14-9-5-11(15)13(12(16)6-9)21(19,20)17-7-8-2-1-3-10(18)4-8/h5-6,8,10,17-18H,1-4,7H2. The van der Waals surface area contributed by atoms with E-state index in [0.29, 0.717) is 6.42 Å². The maximum absolute atomic E-state index is 12.3. The third-order valence-electron chi connectivity index (χ3n) is 3.55. The van der Waals surface area contributed by atoms with Gasteiger partial charge in [-0.25, -0.2) is 13.1 Å². The molecule has 1 aromatic carbocycles. The predicted octanol–water partition coefficient (Wildman–Crippen LogP) is 3.48. The molecule has 4 nitrogen and oxygen atoms in total. The van der Waals surface area contributed by atoms with Crippen molar-refractivity contribution in [3.05, 3.63) is 27.2 Å². The molecule has 1 aliphatic carbocycles. The van der Waals surface area contributed by atoms with Gasteiger partial charge in [0.25, 0.3) is 0 Å². The number of nitrogens with one attached hydrogen (secondary N) is 1. The van der Waals surface area contributed by atoms with Crippen molar-refractivity contribution >= 4 is 44.8 Å². The first-order valence-electron chi connectivity index (χ1n) is 6.62. The van der Waals surface area contributed by atoms with E-state index in [2.05, 4.69) is 4.72 Å². The largest absolute Gasteiger partial charge is 0.393 e. The molecule has 1 aromatic rings. The lowest BCUT2D eigenvalue weighted by Crippen LogP contribution is -2.33. The van der Waals surface area contributed by atoms with E-state index in [1.807, 2.05) is 0 Å². The summed E-state index contributed by atoms with van der Waals surface area (Å²) >= 11 is 17.6. The fourth-order valence-corrected chi connectivity index (χ4v) is 5.19. The van der Waals surface area contributed by atoms with Gasteiger partial charge in [-0.05, 0) is 37.3 Å². The average Bonchev–Trinajstić information content (AvgIpc) is 2.35. The highest BCUT2D eigenvalue weighted by atomic mass is 35.5. The van der Waals surface area contributed by atoms with E-state index >= 15 is 0 Å². The summed E-state index contributed by atoms with van der Waals surface area (Å²) in [6.07, 6.45) is 2.82. The summed E-state index contributed by atoms with van der Waals surface area (Å²) < 4.78 is 27.2. The van der Waals surface area contributed by atoms with E-state index in [4.69, 9.17) is 34.8 Å². The summed E-state index contributed by atoms with van der Waals surface area (Å²) in [6, 6.07) is 2.68. The second-order valence-electron chi connectivity index (χ2n) is 5.24. The summed E-state index contributed by atoms with van der Waals surface area (Å²) in [6.45, 7) is 0.259. The van der Waals surface area contributed by atoms with Crippen molar-refractivity contribution in [1.29, 1.82) is 0 Å². The molecule has 1 fully saturated rings. The molecule has 0 aromatic heterocycles. The lowest BCUT2D eigenvalue weighted by molar-refractivity contribution is 0.102. The maximum atomic E-state index is 12.3. The molecule has 0 amide bonds. The van der Waals surface area contributed by atoms with Gasteiger partial charge in [-0.2, -0.15) is 0 Å². The van der Waals surface area contributed by atoms with Crippen LogP contribution in [0.4, 0.5) is 0 Å². The SMILES string of the molecule is O=S(=O)(NCC1CCCC(O)C1)c1c(Cl)cc(Cl)cc1Cl. The molecule has 118 valence electrons. The van der Waals surface area contributed by atoms with Gasteiger partial charge < -0.3 is 5.11 Å². The Morgan fingerprint density at radius 1 is 1.19 bits per heavy atom. The Kier molecular flexibility index (Phi) is 5.79. The molecule has 1 saturated carbocycles. The molecular weight excluding hydrogens is 357 g/mol. The molecule has 0 heterocycles. The van der Waals surface area contributed by atoms with Crippen LogP contribution in [0.5, 0.6) is 0 Å². The van der Waals surface area contributed by atoms with E-state index in [0.717, 1.165) is 19.3 Å². The fourth-order valence-electron chi connectivity index (χ4n) is 2.53. The molecule has 0 radical (unpaired) electrons. The Hall–Kier alpha value is -0.0400. The van der Waals surface area contributed by atoms with Gasteiger partial charge in [0.15, 0.2) is 0 Å².